The van der Waals surface area contributed by atoms with Gasteiger partial charge < -0.3 is 15.4 Å². The first-order chi connectivity index (χ1) is 8.61. The number of nitrogens with zero attached hydrogens (tertiary/aromatic N) is 1. The van der Waals surface area contributed by atoms with Gasteiger partial charge in [-0.1, -0.05) is 6.42 Å². The highest BCUT2D eigenvalue weighted by molar-refractivity contribution is 5.97. The van der Waals surface area contributed by atoms with Gasteiger partial charge in [0.2, 0.25) is 0 Å². The van der Waals surface area contributed by atoms with Crippen LogP contribution in [0.5, 0.6) is 5.75 Å². The second kappa shape index (κ2) is 5.29. The topological polar surface area (TPSA) is 55.6 Å². The highest BCUT2D eigenvalue weighted by atomic mass is 16.5. The maximum Gasteiger partial charge on any atom is 0.257 e. The molecule has 0 saturated heterocycles. The number of amides is 1. The minimum absolute atomic E-state index is 0.00116. The van der Waals surface area contributed by atoms with Crippen molar-refractivity contribution in [1.29, 1.82) is 0 Å². The highest BCUT2D eigenvalue weighted by Gasteiger charge is 2.23. The Bertz CT molecular complexity index is 441. The summed E-state index contributed by atoms with van der Waals surface area (Å²) in [6, 6.07) is 5.14. The zero-order chi connectivity index (χ0) is 13.1. The number of hydrogen-bond acceptors (Lipinski definition) is 3. The summed E-state index contributed by atoms with van der Waals surface area (Å²) < 4.78 is 5.22. The molecule has 0 unspecified atom stereocenters. The molecule has 2 N–H and O–H groups in total. The van der Waals surface area contributed by atoms with Crippen LogP contribution in [-0.4, -0.2) is 31.5 Å². The van der Waals surface area contributed by atoms with E-state index in [0.29, 0.717) is 22.9 Å². The Balaban J connectivity index is 2.11. The summed E-state index contributed by atoms with van der Waals surface area (Å²) in [6.45, 7) is 0.826. The van der Waals surface area contributed by atoms with Gasteiger partial charge >= 0.3 is 0 Å². The van der Waals surface area contributed by atoms with Crippen molar-refractivity contribution in [1.82, 2.24) is 4.90 Å². The van der Waals surface area contributed by atoms with Crippen molar-refractivity contribution in [2.45, 2.75) is 19.3 Å². The molecule has 1 aliphatic rings. The predicted molar refractivity (Wildman–Crippen MR) is 71.7 cm³/mol. The minimum Gasteiger partial charge on any atom is -0.496 e. The van der Waals surface area contributed by atoms with Gasteiger partial charge in [0.25, 0.3) is 5.91 Å². The molecule has 1 fully saturated rings. The van der Waals surface area contributed by atoms with Crippen LogP contribution < -0.4 is 10.5 Å². The fraction of sp³-hybridized carbons (Fsp3) is 0.500. The molecule has 0 heterocycles. The number of hydrogen-bond donors (Lipinski definition) is 1. The molecule has 4 heteroatoms. The number of methoxy groups -OCH3 is 1. The fourth-order valence-electron chi connectivity index (χ4n) is 2.24. The molecule has 0 aliphatic heterocycles. The molecule has 1 aromatic carbocycles. The molecule has 4 nitrogen and oxygen atoms in total. The van der Waals surface area contributed by atoms with Crippen LogP contribution in [0.25, 0.3) is 0 Å². The number of nitrogen functional groups attached to an aromatic ring is 1. The highest BCUT2D eigenvalue weighted by Crippen LogP contribution is 2.28. The van der Waals surface area contributed by atoms with E-state index in [-0.39, 0.29) is 5.91 Å². The van der Waals surface area contributed by atoms with Gasteiger partial charge in [0.15, 0.2) is 0 Å². The first kappa shape index (κ1) is 12.7. The third kappa shape index (κ3) is 2.58. The molecule has 0 atom stereocenters. The molecule has 0 bridgehead atoms. The van der Waals surface area contributed by atoms with Gasteiger partial charge in [0, 0.05) is 25.3 Å². The maximum atomic E-state index is 12.3. The number of carbonyl (C=O) groups excluding carboxylic acids is 1. The summed E-state index contributed by atoms with van der Waals surface area (Å²) in [5.41, 5.74) is 6.87. The van der Waals surface area contributed by atoms with Crippen molar-refractivity contribution in [3.05, 3.63) is 23.8 Å². The average molecular weight is 248 g/mol. The molecule has 18 heavy (non-hydrogen) atoms. The summed E-state index contributed by atoms with van der Waals surface area (Å²) in [6.07, 6.45) is 3.75. The SMILES string of the molecule is COc1cc(N)ccc1C(=O)N(C)CC1CCC1. The van der Waals surface area contributed by atoms with Crippen LogP contribution in [0.2, 0.25) is 0 Å². The molecule has 0 spiro atoms. The second-order valence-electron chi connectivity index (χ2n) is 4.94. The van der Waals surface area contributed by atoms with Crippen molar-refractivity contribution in [3.63, 3.8) is 0 Å². The summed E-state index contributed by atoms with van der Waals surface area (Å²) in [5, 5.41) is 0. The fourth-order valence-corrected chi connectivity index (χ4v) is 2.24. The number of ether oxygens (including phenoxy) is 1. The summed E-state index contributed by atoms with van der Waals surface area (Å²) >= 11 is 0. The average Bonchev–Trinajstić information content (AvgIpc) is 2.32. The van der Waals surface area contributed by atoms with Crippen molar-refractivity contribution < 1.29 is 9.53 Å². The Kier molecular flexibility index (Phi) is 3.75. The molecule has 1 saturated carbocycles. The monoisotopic (exact) mass is 248 g/mol. The summed E-state index contributed by atoms with van der Waals surface area (Å²) in [4.78, 5) is 14.1. The van der Waals surface area contributed by atoms with Crippen LogP contribution >= 0.6 is 0 Å². The van der Waals surface area contributed by atoms with Crippen LogP contribution in [0.3, 0.4) is 0 Å². The zero-order valence-corrected chi connectivity index (χ0v) is 11.0. The summed E-state index contributed by atoms with van der Waals surface area (Å²) in [7, 11) is 3.40. The zero-order valence-electron chi connectivity index (χ0n) is 11.0. The molecule has 1 amide bonds. The predicted octanol–water partition coefficient (Wildman–Crippen LogP) is 2.15. The van der Waals surface area contributed by atoms with Crippen LogP contribution in [0, 0.1) is 5.92 Å². The molecular weight excluding hydrogens is 228 g/mol. The van der Waals surface area contributed by atoms with Gasteiger partial charge in [-0.05, 0) is 30.9 Å². The minimum atomic E-state index is -0.00116. The second-order valence-corrected chi connectivity index (χ2v) is 4.94. The van der Waals surface area contributed by atoms with E-state index in [1.807, 2.05) is 7.05 Å². The van der Waals surface area contributed by atoms with Crippen LogP contribution in [-0.2, 0) is 0 Å². The van der Waals surface area contributed by atoms with Crippen molar-refractivity contribution in [2.75, 3.05) is 26.4 Å². The van der Waals surface area contributed by atoms with Crippen LogP contribution in [0.4, 0.5) is 5.69 Å². The number of benzene rings is 1. The van der Waals surface area contributed by atoms with E-state index in [9.17, 15) is 4.79 Å². The molecule has 98 valence electrons. The van der Waals surface area contributed by atoms with E-state index >= 15 is 0 Å². The van der Waals surface area contributed by atoms with Crippen molar-refractivity contribution in [2.24, 2.45) is 5.92 Å². The van der Waals surface area contributed by atoms with Gasteiger partial charge in [0.1, 0.15) is 5.75 Å². The standard InChI is InChI=1S/C14H20N2O2/c1-16(9-10-4-3-5-10)14(17)12-7-6-11(15)8-13(12)18-2/h6-8,10H,3-5,9,15H2,1-2H3. The molecule has 1 aromatic rings. The van der Waals surface area contributed by atoms with E-state index in [2.05, 4.69) is 0 Å². The Morgan fingerprint density at radius 3 is 2.78 bits per heavy atom. The van der Waals surface area contributed by atoms with E-state index in [1.54, 1.807) is 30.2 Å². The number of rotatable bonds is 4. The van der Waals surface area contributed by atoms with E-state index in [1.165, 1.54) is 19.3 Å². The van der Waals surface area contributed by atoms with E-state index in [0.717, 1.165) is 6.54 Å². The molecule has 0 aromatic heterocycles. The van der Waals surface area contributed by atoms with Gasteiger partial charge in [0.05, 0.1) is 12.7 Å². The Labute approximate surface area is 108 Å². The number of anilines is 1. The van der Waals surface area contributed by atoms with Gasteiger partial charge in [-0.25, -0.2) is 0 Å². The van der Waals surface area contributed by atoms with Gasteiger partial charge in [-0.2, -0.15) is 0 Å². The van der Waals surface area contributed by atoms with Gasteiger partial charge in [-0.15, -0.1) is 0 Å². The first-order valence-corrected chi connectivity index (χ1v) is 6.30. The van der Waals surface area contributed by atoms with Crippen LogP contribution in [0.1, 0.15) is 29.6 Å². The first-order valence-electron chi connectivity index (χ1n) is 6.30. The lowest BCUT2D eigenvalue weighted by Gasteiger charge is -2.30. The molecule has 0 radical (unpaired) electrons. The summed E-state index contributed by atoms with van der Waals surface area (Å²) in [5.74, 6) is 1.21. The third-order valence-electron chi connectivity index (χ3n) is 3.56. The Morgan fingerprint density at radius 1 is 1.50 bits per heavy atom. The maximum absolute atomic E-state index is 12.3. The third-order valence-corrected chi connectivity index (χ3v) is 3.56. The van der Waals surface area contributed by atoms with Gasteiger partial charge in [-0.3, -0.25) is 4.79 Å². The molecule has 2 rings (SSSR count). The molecule has 1 aliphatic carbocycles. The quantitative estimate of drug-likeness (QED) is 0.831. The van der Waals surface area contributed by atoms with Crippen molar-refractivity contribution >= 4 is 11.6 Å². The molecular formula is C14H20N2O2. The number of nitrogens with two attached hydrogens (primary N) is 1. The Morgan fingerprint density at radius 2 is 2.22 bits per heavy atom. The lowest BCUT2D eigenvalue weighted by molar-refractivity contribution is 0.0742. The van der Waals surface area contributed by atoms with Crippen LogP contribution in [0.15, 0.2) is 18.2 Å². The smallest absolute Gasteiger partial charge is 0.257 e. The lowest BCUT2D eigenvalue weighted by atomic mass is 9.85. The Hall–Kier alpha value is -1.71. The number of carbonyl (C=O) groups is 1. The van der Waals surface area contributed by atoms with E-state index < -0.39 is 0 Å². The lowest BCUT2D eigenvalue weighted by Crippen LogP contribution is -2.34. The van der Waals surface area contributed by atoms with E-state index in [4.69, 9.17) is 10.5 Å². The normalized spacial score (nSPS) is 15.0. The largest absolute Gasteiger partial charge is 0.496 e. The van der Waals surface area contributed by atoms with Crippen molar-refractivity contribution in [3.8, 4) is 5.75 Å².